The van der Waals surface area contributed by atoms with Gasteiger partial charge >= 0.3 is 0 Å². The first-order valence-electron chi connectivity index (χ1n) is 8.99. The van der Waals surface area contributed by atoms with Gasteiger partial charge in [-0.2, -0.15) is 0 Å². The van der Waals surface area contributed by atoms with Crippen LogP contribution in [0.1, 0.15) is 52.4 Å². The SMILES string of the molecule is CC(C)SC1CC(=O)N(CCCCCCN2C(=O)CC(SS)C2=O)C1=O. The fourth-order valence-electron chi connectivity index (χ4n) is 3.19. The third-order valence-corrected chi connectivity index (χ3v) is 7.11. The van der Waals surface area contributed by atoms with Crippen molar-refractivity contribution >= 4 is 57.8 Å². The summed E-state index contributed by atoms with van der Waals surface area (Å²) in [5.41, 5.74) is 0. The lowest BCUT2D eigenvalue weighted by Gasteiger charge is -2.16. The number of unbranched alkanes of at least 4 members (excludes halogenated alkanes) is 3. The number of nitrogens with zero attached hydrogens (tertiary/aromatic N) is 2. The molecule has 2 heterocycles. The van der Waals surface area contributed by atoms with Crippen LogP contribution in [0.15, 0.2) is 0 Å². The molecule has 2 atom stereocenters. The second-order valence-corrected chi connectivity index (χ2v) is 10.1. The summed E-state index contributed by atoms with van der Waals surface area (Å²) < 4.78 is 0. The number of imide groups is 2. The van der Waals surface area contributed by atoms with Crippen molar-refractivity contribution in [2.45, 2.75) is 68.1 Å². The maximum Gasteiger partial charge on any atom is 0.243 e. The van der Waals surface area contributed by atoms with E-state index in [-0.39, 0.29) is 40.5 Å². The van der Waals surface area contributed by atoms with Crippen molar-refractivity contribution in [3.05, 3.63) is 0 Å². The summed E-state index contributed by atoms with van der Waals surface area (Å²) in [7, 11) is 1.12. The van der Waals surface area contributed by atoms with Gasteiger partial charge in [0.25, 0.3) is 0 Å². The zero-order chi connectivity index (χ0) is 19.3. The monoisotopic (exact) mass is 418 g/mol. The Morgan fingerprint density at radius 1 is 0.885 bits per heavy atom. The van der Waals surface area contributed by atoms with Gasteiger partial charge in [0.15, 0.2) is 0 Å². The molecule has 0 aromatic heterocycles. The third-order valence-electron chi connectivity index (χ3n) is 4.48. The molecule has 0 saturated carbocycles. The summed E-state index contributed by atoms with van der Waals surface area (Å²) in [4.78, 5) is 50.8. The van der Waals surface area contributed by atoms with Gasteiger partial charge in [-0.25, -0.2) is 0 Å². The molecule has 0 radical (unpaired) electrons. The van der Waals surface area contributed by atoms with Gasteiger partial charge in [-0.15, -0.1) is 23.4 Å². The molecule has 2 rings (SSSR count). The second kappa shape index (κ2) is 10.0. The average Bonchev–Trinajstić information content (AvgIpc) is 3.00. The highest BCUT2D eigenvalue weighted by Gasteiger charge is 2.39. The van der Waals surface area contributed by atoms with Gasteiger partial charge in [-0.3, -0.25) is 29.0 Å². The van der Waals surface area contributed by atoms with Crippen LogP contribution in [0.25, 0.3) is 0 Å². The molecule has 0 aromatic rings. The Kier molecular flexibility index (Phi) is 8.35. The van der Waals surface area contributed by atoms with Gasteiger partial charge in [0.05, 0.1) is 5.25 Å². The Bertz CT molecular complexity index is 570. The summed E-state index contributed by atoms with van der Waals surface area (Å²) >= 11 is 5.58. The van der Waals surface area contributed by atoms with Crippen molar-refractivity contribution in [3.8, 4) is 0 Å². The maximum absolute atomic E-state index is 12.3. The van der Waals surface area contributed by atoms with Gasteiger partial charge in [-0.1, -0.05) is 37.5 Å². The lowest BCUT2D eigenvalue weighted by atomic mass is 10.2. The van der Waals surface area contributed by atoms with E-state index in [2.05, 4.69) is 11.7 Å². The second-order valence-electron chi connectivity index (χ2n) is 6.86. The molecule has 0 aromatic carbocycles. The van der Waals surface area contributed by atoms with Crippen LogP contribution in [0.3, 0.4) is 0 Å². The molecule has 2 fully saturated rings. The third kappa shape index (κ3) is 5.42. The predicted octanol–water partition coefficient (Wildman–Crippen LogP) is 2.52. The highest BCUT2D eigenvalue weighted by atomic mass is 33.1. The topological polar surface area (TPSA) is 74.8 Å². The molecule has 2 unspecified atom stereocenters. The van der Waals surface area contributed by atoms with E-state index in [0.29, 0.717) is 24.8 Å². The number of amides is 4. The lowest BCUT2D eigenvalue weighted by Crippen LogP contribution is -2.33. The van der Waals surface area contributed by atoms with E-state index in [4.69, 9.17) is 0 Å². The van der Waals surface area contributed by atoms with E-state index in [1.165, 1.54) is 9.80 Å². The quantitative estimate of drug-likeness (QED) is 0.254. The van der Waals surface area contributed by atoms with E-state index in [1.807, 2.05) is 13.8 Å². The van der Waals surface area contributed by atoms with E-state index >= 15 is 0 Å². The van der Waals surface area contributed by atoms with Gasteiger partial charge < -0.3 is 0 Å². The number of likely N-dealkylation sites (tertiary alicyclic amines) is 2. The van der Waals surface area contributed by atoms with Crippen molar-refractivity contribution in [1.82, 2.24) is 9.80 Å². The van der Waals surface area contributed by atoms with Crippen molar-refractivity contribution in [2.24, 2.45) is 0 Å². The van der Waals surface area contributed by atoms with Gasteiger partial charge in [-0.05, 0) is 18.1 Å². The Labute approximate surface area is 168 Å². The molecule has 9 heteroatoms. The van der Waals surface area contributed by atoms with Gasteiger partial charge in [0, 0.05) is 25.9 Å². The highest BCUT2D eigenvalue weighted by Crippen LogP contribution is 2.29. The zero-order valence-corrected chi connectivity index (χ0v) is 17.7. The highest BCUT2D eigenvalue weighted by molar-refractivity contribution is 8.69. The fourth-order valence-corrected chi connectivity index (χ4v) is 5.25. The van der Waals surface area contributed by atoms with E-state index in [1.54, 1.807) is 11.8 Å². The van der Waals surface area contributed by atoms with Crippen LogP contribution in [0.2, 0.25) is 0 Å². The van der Waals surface area contributed by atoms with Crippen LogP contribution in [0, 0.1) is 0 Å². The fraction of sp³-hybridized carbons (Fsp3) is 0.765. The number of hydrogen-bond acceptors (Lipinski definition) is 7. The van der Waals surface area contributed by atoms with Gasteiger partial charge in [0.2, 0.25) is 23.6 Å². The molecule has 0 spiro atoms. The van der Waals surface area contributed by atoms with Crippen molar-refractivity contribution in [2.75, 3.05) is 13.1 Å². The normalized spacial score (nSPS) is 23.8. The van der Waals surface area contributed by atoms with E-state index < -0.39 is 0 Å². The summed E-state index contributed by atoms with van der Waals surface area (Å²) in [6.07, 6.45) is 3.77. The minimum atomic E-state index is -0.352. The number of carbonyl (C=O) groups excluding carboxylic acids is 4. The molecule has 2 aliphatic heterocycles. The number of rotatable bonds is 10. The Balaban J connectivity index is 1.64. The molecular formula is C17H26N2O4S3. The van der Waals surface area contributed by atoms with Crippen LogP contribution < -0.4 is 0 Å². The number of hydrogen-bond donors (Lipinski definition) is 1. The first-order valence-corrected chi connectivity index (χ1v) is 11.9. The Morgan fingerprint density at radius 3 is 1.77 bits per heavy atom. The zero-order valence-electron chi connectivity index (χ0n) is 15.2. The first-order chi connectivity index (χ1) is 12.3. The molecule has 0 aliphatic carbocycles. The molecule has 0 N–H and O–H groups in total. The van der Waals surface area contributed by atoms with Crippen molar-refractivity contribution in [3.63, 3.8) is 0 Å². The number of thiol groups is 1. The van der Waals surface area contributed by atoms with Crippen LogP contribution in [0.5, 0.6) is 0 Å². The van der Waals surface area contributed by atoms with Gasteiger partial charge in [0.1, 0.15) is 5.25 Å². The molecular weight excluding hydrogens is 392 g/mol. The number of thioether (sulfide) groups is 1. The molecule has 2 saturated heterocycles. The van der Waals surface area contributed by atoms with E-state index in [9.17, 15) is 19.2 Å². The molecule has 2 aliphatic rings. The summed E-state index contributed by atoms with van der Waals surface area (Å²) in [6, 6.07) is 0. The van der Waals surface area contributed by atoms with Crippen molar-refractivity contribution < 1.29 is 19.2 Å². The Hall–Kier alpha value is -0.670. The standard InChI is InChI=1S/C17H26N2O4S3/c1-11(2)25-12-9-14(20)18(16(12)22)7-5-3-4-6-8-19-15(21)10-13(26-24)17(19)23/h11-13,24H,3-10H2,1-2H3. The molecule has 0 bridgehead atoms. The van der Waals surface area contributed by atoms with Crippen LogP contribution in [-0.2, 0) is 19.2 Å². The van der Waals surface area contributed by atoms with Crippen LogP contribution in [0.4, 0.5) is 0 Å². The average molecular weight is 419 g/mol. The predicted molar refractivity (Wildman–Crippen MR) is 108 cm³/mol. The molecule has 4 amide bonds. The summed E-state index contributed by atoms with van der Waals surface area (Å²) in [5.74, 6) is -0.394. The molecule has 6 nitrogen and oxygen atoms in total. The number of carbonyl (C=O) groups is 4. The maximum atomic E-state index is 12.3. The van der Waals surface area contributed by atoms with Crippen molar-refractivity contribution in [1.29, 1.82) is 0 Å². The summed E-state index contributed by atoms with van der Waals surface area (Å²) in [5, 5.41) is -0.254. The summed E-state index contributed by atoms with van der Waals surface area (Å²) in [6.45, 7) is 4.96. The minimum Gasteiger partial charge on any atom is -0.282 e. The van der Waals surface area contributed by atoms with E-state index in [0.717, 1.165) is 36.5 Å². The smallest absolute Gasteiger partial charge is 0.243 e. The largest absolute Gasteiger partial charge is 0.282 e. The Morgan fingerprint density at radius 2 is 1.35 bits per heavy atom. The minimum absolute atomic E-state index is 0.0581. The molecule has 26 heavy (non-hydrogen) atoms. The van der Waals surface area contributed by atoms with Crippen LogP contribution in [-0.4, -0.2) is 62.3 Å². The van der Waals surface area contributed by atoms with Crippen LogP contribution >= 0.6 is 34.2 Å². The first kappa shape index (κ1) is 21.6. The molecule has 146 valence electrons. The lowest BCUT2D eigenvalue weighted by molar-refractivity contribution is -0.140.